The number of carbonyl (C=O) groups is 2. The number of aryl methyl sites for hydroxylation is 1. The zero-order chi connectivity index (χ0) is 14.0. The number of carbonyl (C=O) groups excluding carboxylic acids is 1. The zero-order valence-electron chi connectivity index (χ0n) is 9.94. The second-order valence-electron chi connectivity index (χ2n) is 3.88. The Bertz CT molecular complexity index is 651. The number of aromatic carboxylic acids is 1. The largest absolute Gasteiger partial charge is 0.477 e. The number of carboxylic acids is 1. The number of thiophene rings is 1. The van der Waals surface area contributed by atoms with Crippen molar-refractivity contribution in [3.63, 3.8) is 0 Å². The quantitative estimate of drug-likeness (QED) is 0.894. The van der Waals surface area contributed by atoms with E-state index in [2.05, 4.69) is 21.2 Å². The van der Waals surface area contributed by atoms with E-state index in [0.29, 0.717) is 10.6 Å². The van der Waals surface area contributed by atoms with Crippen molar-refractivity contribution in [1.29, 1.82) is 0 Å². The molecule has 0 spiro atoms. The monoisotopic (exact) mass is 339 g/mol. The molecular formula is C13H10BrNO3S. The first-order valence-corrected chi connectivity index (χ1v) is 6.99. The van der Waals surface area contributed by atoms with E-state index in [9.17, 15) is 9.59 Å². The van der Waals surface area contributed by atoms with Crippen LogP contribution in [0.25, 0.3) is 0 Å². The molecule has 0 atom stereocenters. The van der Waals surface area contributed by atoms with Crippen molar-refractivity contribution in [2.75, 3.05) is 5.32 Å². The number of hydrogen-bond acceptors (Lipinski definition) is 3. The predicted octanol–water partition coefficient (Wildman–Crippen LogP) is 3.77. The van der Waals surface area contributed by atoms with Gasteiger partial charge < -0.3 is 10.4 Å². The molecule has 98 valence electrons. The van der Waals surface area contributed by atoms with Crippen molar-refractivity contribution in [3.05, 3.63) is 50.1 Å². The van der Waals surface area contributed by atoms with Crippen molar-refractivity contribution in [2.45, 2.75) is 6.92 Å². The first kappa shape index (κ1) is 13.8. The Hall–Kier alpha value is -1.66. The summed E-state index contributed by atoms with van der Waals surface area (Å²) < 4.78 is 0.937. The van der Waals surface area contributed by atoms with Gasteiger partial charge in [-0.15, -0.1) is 11.3 Å². The Kier molecular flexibility index (Phi) is 4.01. The second-order valence-corrected chi connectivity index (χ2v) is 5.88. The molecule has 2 aromatic rings. The van der Waals surface area contributed by atoms with Gasteiger partial charge in [0.1, 0.15) is 4.88 Å². The van der Waals surface area contributed by atoms with Crippen LogP contribution < -0.4 is 5.32 Å². The number of halogens is 1. The lowest BCUT2D eigenvalue weighted by molar-refractivity contribution is 0.0702. The fourth-order valence-corrected chi connectivity index (χ4v) is 2.74. The highest BCUT2D eigenvalue weighted by Gasteiger charge is 2.13. The van der Waals surface area contributed by atoms with Crippen LogP contribution in [0.15, 0.2) is 34.8 Å². The van der Waals surface area contributed by atoms with Gasteiger partial charge in [0.25, 0.3) is 5.91 Å². The highest BCUT2D eigenvalue weighted by atomic mass is 79.9. The van der Waals surface area contributed by atoms with Crippen LogP contribution in [0.5, 0.6) is 0 Å². The maximum Gasteiger partial charge on any atom is 0.345 e. The van der Waals surface area contributed by atoms with Gasteiger partial charge in [-0.25, -0.2) is 4.79 Å². The molecule has 0 fully saturated rings. The number of rotatable bonds is 3. The van der Waals surface area contributed by atoms with Gasteiger partial charge in [-0.1, -0.05) is 15.9 Å². The molecule has 1 aromatic heterocycles. The molecule has 1 amide bonds. The summed E-state index contributed by atoms with van der Waals surface area (Å²) in [7, 11) is 0. The molecule has 2 N–H and O–H groups in total. The SMILES string of the molecule is Cc1cc(Br)ccc1NC(=O)c1ccc(C(=O)O)s1. The lowest BCUT2D eigenvalue weighted by Gasteiger charge is -2.07. The normalized spacial score (nSPS) is 10.2. The number of anilines is 1. The highest BCUT2D eigenvalue weighted by molar-refractivity contribution is 9.10. The predicted molar refractivity (Wildman–Crippen MR) is 78.1 cm³/mol. The second kappa shape index (κ2) is 5.54. The Morgan fingerprint density at radius 1 is 1.21 bits per heavy atom. The fraction of sp³-hybridized carbons (Fsp3) is 0.0769. The Morgan fingerprint density at radius 2 is 1.89 bits per heavy atom. The smallest absolute Gasteiger partial charge is 0.345 e. The fourth-order valence-electron chi connectivity index (χ4n) is 1.53. The Morgan fingerprint density at radius 3 is 2.47 bits per heavy atom. The van der Waals surface area contributed by atoms with Gasteiger partial charge in [-0.05, 0) is 42.8 Å². The molecule has 6 heteroatoms. The van der Waals surface area contributed by atoms with Crippen molar-refractivity contribution in [1.82, 2.24) is 0 Å². The zero-order valence-corrected chi connectivity index (χ0v) is 12.3. The van der Waals surface area contributed by atoms with Crippen LogP contribution in [0.2, 0.25) is 0 Å². The summed E-state index contributed by atoms with van der Waals surface area (Å²) in [6, 6.07) is 8.46. The molecule has 0 saturated heterocycles. The molecule has 0 bridgehead atoms. The minimum absolute atomic E-state index is 0.151. The van der Waals surface area contributed by atoms with E-state index in [1.165, 1.54) is 12.1 Å². The van der Waals surface area contributed by atoms with Crippen LogP contribution in [0.4, 0.5) is 5.69 Å². The summed E-state index contributed by atoms with van der Waals surface area (Å²) in [6.45, 7) is 1.89. The van der Waals surface area contributed by atoms with E-state index >= 15 is 0 Å². The van der Waals surface area contributed by atoms with E-state index in [4.69, 9.17) is 5.11 Å². The molecule has 0 aliphatic carbocycles. The van der Waals surface area contributed by atoms with E-state index in [0.717, 1.165) is 21.4 Å². The number of nitrogens with one attached hydrogen (secondary N) is 1. The molecule has 4 nitrogen and oxygen atoms in total. The third-order valence-corrected chi connectivity index (χ3v) is 4.04. The van der Waals surface area contributed by atoms with Crippen LogP contribution in [0.3, 0.4) is 0 Å². The molecule has 0 radical (unpaired) electrons. The minimum atomic E-state index is -1.02. The van der Waals surface area contributed by atoms with Crippen molar-refractivity contribution in [3.8, 4) is 0 Å². The molecular weight excluding hydrogens is 330 g/mol. The molecule has 0 saturated carbocycles. The summed E-state index contributed by atoms with van der Waals surface area (Å²) in [5.74, 6) is -1.33. The highest BCUT2D eigenvalue weighted by Crippen LogP contribution is 2.22. The Balaban J connectivity index is 2.18. The van der Waals surface area contributed by atoms with Gasteiger partial charge in [-0.2, -0.15) is 0 Å². The van der Waals surface area contributed by atoms with Gasteiger partial charge in [0, 0.05) is 10.2 Å². The lowest BCUT2D eigenvalue weighted by Crippen LogP contribution is -2.11. The summed E-state index contributed by atoms with van der Waals surface area (Å²) in [5, 5.41) is 11.6. The number of amides is 1. The van der Waals surface area contributed by atoms with Crippen LogP contribution >= 0.6 is 27.3 Å². The third kappa shape index (κ3) is 3.21. The van der Waals surface area contributed by atoms with Crippen molar-refractivity contribution >= 4 is 44.8 Å². The molecule has 0 unspecified atom stereocenters. The molecule has 1 heterocycles. The van der Waals surface area contributed by atoms with Gasteiger partial charge >= 0.3 is 5.97 Å². The average Bonchev–Trinajstić information content (AvgIpc) is 2.82. The minimum Gasteiger partial charge on any atom is -0.477 e. The van der Waals surface area contributed by atoms with E-state index in [1.807, 2.05) is 19.1 Å². The van der Waals surface area contributed by atoms with Gasteiger partial charge in [-0.3, -0.25) is 4.79 Å². The van der Waals surface area contributed by atoms with Crippen LogP contribution in [0, 0.1) is 6.92 Å². The maximum absolute atomic E-state index is 12.0. The standard InChI is InChI=1S/C13H10BrNO3S/c1-7-6-8(14)2-3-9(7)15-12(16)10-4-5-11(19-10)13(17)18/h2-6H,1H3,(H,15,16)(H,17,18). The summed E-state index contributed by atoms with van der Waals surface area (Å²) in [6.07, 6.45) is 0. The molecule has 0 aliphatic heterocycles. The Labute approximate surface area is 122 Å². The molecule has 0 aliphatic rings. The third-order valence-electron chi connectivity index (χ3n) is 2.48. The summed E-state index contributed by atoms with van der Waals surface area (Å²) >= 11 is 4.31. The first-order chi connectivity index (χ1) is 8.97. The first-order valence-electron chi connectivity index (χ1n) is 5.38. The average molecular weight is 340 g/mol. The summed E-state index contributed by atoms with van der Waals surface area (Å²) in [5.41, 5.74) is 1.64. The van der Waals surface area contributed by atoms with Crippen LogP contribution in [-0.4, -0.2) is 17.0 Å². The van der Waals surface area contributed by atoms with E-state index in [1.54, 1.807) is 6.07 Å². The number of benzene rings is 1. The van der Waals surface area contributed by atoms with Crippen LogP contribution in [0.1, 0.15) is 24.9 Å². The topological polar surface area (TPSA) is 66.4 Å². The number of hydrogen-bond donors (Lipinski definition) is 2. The molecule has 19 heavy (non-hydrogen) atoms. The van der Waals surface area contributed by atoms with Gasteiger partial charge in [0.2, 0.25) is 0 Å². The summed E-state index contributed by atoms with van der Waals surface area (Å²) in [4.78, 5) is 23.3. The van der Waals surface area contributed by atoms with Gasteiger partial charge in [0.15, 0.2) is 0 Å². The van der Waals surface area contributed by atoms with E-state index < -0.39 is 5.97 Å². The van der Waals surface area contributed by atoms with Gasteiger partial charge in [0.05, 0.1) is 4.88 Å². The van der Waals surface area contributed by atoms with Crippen LogP contribution in [-0.2, 0) is 0 Å². The van der Waals surface area contributed by atoms with E-state index in [-0.39, 0.29) is 10.8 Å². The maximum atomic E-state index is 12.0. The van der Waals surface area contributed by atoms with Crippen molar-refractivity contribution in [2.24, 2.45) is 0 Å². The van der Waals surface area contributed by atoms with Crippen molar-refractivity contribution < 1.29 is 14.7 Å². The molecule has 2 rings (SSSR count). The molecule has 1 aromatic carbocycles. The number of carboxylic acid groups (broad SMARTS) is 1. The lowest BCUT2D eigenvalue weighted by atomic mass is 10.2.